The highest BCUT2D eigenvalue weighted by Crippen LogP contribution is 2.38. The number of benzene rings is 2. The molecule has 2 aromatic carbocycles. The number of pyridine rings is 1. The fourth-order valence-corrected chi connectivity index (χ4v) is 7.52. The number of unbranched alkanes of at least 4 members (excludes halogenated alkanes) is 1. The summed E-state index contributed by atoms with van der Waals surface area (Å²) in [5.74, 6) is 0.206. The first-order valence-corrected chi connectivity index (χ1v) is 17.1. The number of carbonyl (C=O) groups excluding carboxylic acids is 1. The molecule has 0 amide bonds. The standard InChI is InChI=1S/C33H44N4O5S/c1-4-6-22-42-27-9-11-28(12-10-27)43(39,40)31-24-34-30-13-8-25(33(38)41-5-2)23-29(30)32(31)37-18-14-26(15-19-37)36-17-7-16-35(3)20-21-36/h8-13,23-24,26H,4-7,14-22H2,1-3H3. The van der Waals surface area contributed by atoms with Gasteiger partial charge in [-0.05, 0) is 95.2 Å². The van der Waals surface area contributed by atoms with Crippen LogP contribution in [0.3, 0.4) is 0 Å². The zero-order valence-corrected chi connectivity index (χ0v) is 26.4. The molecule has 2 saturated heterocycles. The van der Waals surface area contributed by atoms with E-state index in [4.69, 9.17) is 9.47 Å². The van der Waals surface area contributed by atoms with Crippen molar-refractivity contribution in [2.75, 3.05) is 64.4 Å². The third kappa shape index (κ3) is 7.13. The maximum Gasteiger partial charge on any atom is 0.338 e. The number of sulfone groups is 1. The van der Waals surface area contributed by atoms with Crippen LogP contribution in [0.4, 0.5) is 5.69 Å². The van der Waals surface area contributed by atoms with E-state index in [1.807, 2.05) is 0 Å². The summed E-state index contributed by atoms with van der Waals surface area (Å²) in [7, 11) is -1.75. The van der Waals surface area contributed by atoms with E-state index < -0.39 is 15.8 Å². The molecule has 2 aliphatic heterocycles. The Balaban J connectivity index is 1.50. The van der Waals surface area contributed by atoms with Crippen LogP contribution in [-0.4, -0.2) is 94.7 Å². The van der Waals surface area contributed by atoms with Gasteiger partial charge in [-0.15, -0.1) is 0 Å². The largest absolute Gasteiger partial charge is 0.494 e. The SMILES string of the molecule is CCCCOc1ccc(S(=O)(=O)c2cnc3ccc(C(=O)OCC)cc3c2N2CCC(N3CCCN(C)CC3)CC2)cc1. The molecule has 10 heteroatoms. The van der Waals surface area contributed by atoms with E-state index in [1.165, 1.54) is 6.20 Å². The molecule has 0 unspecified atom stereocenters. The minimum absolute atomic E-state index is 0.149. The second-order valence-electron chi connectivity index (χ2n) is 11.5. The topological polar surface area (TPSA) is 92.3 Å². The summed E-state index contributed by atoms with van der Waals surface area (Å²) in [6.07, 6.45) is 6.47. The molecule has 3 heterocycles. The highest BCUT2D eigenvalue weighted by Gasteiger charge is 2.31. The molecule has 3 aromatic rings. The van der Waals surface area contributed by atoms with Crippen molar-refractivity contribution in [1.82, 2.24) is 14.8 Å². The van der Waals surface area contributed by atoms with Crippen LogP contribution in [0, 0.1) is 0 Å². The van der Waals surface area contributed by atoms with Crippen LogP contribution in [0.5, 0.6) is 5.75 Å². The maximum atomic E-state index is 14.2. The van der Waals surface area contributed by atoms with Crippen LogP contribution < -0.4 is 9.64 Å². The van der Waals surface area contributed by atoms with Gasteiger partial charge >= 0.3 is 5.97 Å². The van der Waals surface area contributed by atoms with Gasteiger partial charge in [0.2, 0.25) is 9.84 Å². The second kappa shape index (κ2) is 14.1. The fraction of sp³-hybridized carbons (Fsp3) is 0.515. The van der Waals surface area contributed by atoms with E-state index >= 15 is 0 Å². The Bertz CT molecular complexity index is 1500. The number of ether oxygens (including phenoxy) is 2. The number of aromatic nitrogens is 1. The van der Waals surface area contributed by atoms with Gasteiger partial charge in [0, 0.05) is 43.8 Å². The van der Waals surface area contributed by atoms with Crippen molar-refractivity contribution < 1.29 is 22.7 Å². The highest BCUT2D eigenvalue weighted by molar-refractivity contribution is 7.91. The van der Waals surface area contributed by atoms with E-state index in [0.29, 0.717) is 53.6 Å². The molecule has 0 aliphatic carbocycles. The van der Waals surface area contributed by atoms with Crippen molar-refractivity contribution in [2.45, 2.75) is 61.8 Å². The van der Waals surface area contributed by atoms with Gasteiger partial charge in [-0.2, -0.15) is 0 Å². The molecule has 2 aliphatic rings. The average Bonchev–Trinajstić information content (AvgIpc) is 3.25. The Morgan fingerprint density at radius 3 is 2.47 bits per heavy atom. The Morgan fingerprint density at radius 1 is 0.977 bits per heavy atom. The minimum Gasteiger partial charge on any atom is -0.494 e. The Kier molecular flexibility index (Phi) is 10.2. The lowest BCUT2D eigenvalue weighted by Crippen LogP contribution is -2.46. The third-order valence-corrected chi connectivity index (χ3v) is 10.3. The number of rotatable bonds is 10. The lowest BCUT2D eigenvalue weighted by Gasteiger charge is -2.40. The number of nitrogens with zero attached hydrogens (tertiary/aromatic N) is 4. The molecule has 43 heavy (non-hydrogen) atoms. The first-order valence-electron chi connectivity index (χ1n) is 15.6. The predicted octanol–water partition coefficient (Wildman–Crippen LogP) is 5.03. The lowest BCUT2D eigenvalue weighted by molar-refractivity contribution is 0.0526. The summed E-state index contributed by atoms with van der Waals surface area (Å²) in [6, 6.07) is 12.3. The van der Waals surface area contributed by atoms with Gasteiger partial charge in [0.1, 0.15) is 10.6 Å². The number of hydrogen-bond donors (Lipinski definition) is 0. The van der Waals surface area contributed by atoms with Gasteiger partial charge in [-0.1, -0.05) is 13.3 Å². The highest BCUT2D eigenvalue weighted by atomic mass is 32.2. The van der Waals surface area contributed by atoms with Crippen molar-refractivity contribution >= 4 is 32.4 Å². The minimum atomic E-state index is -3.93. The summed E-state index contributed by atoms with van der Waals surface area (Å²) < 4.78 is 39.4. The van der Waals surface area contributed by atoms with Crippen molar-refractivity contribution in [3.63, 3.8) is 0 Å². The number of carbonyl (C=O) groups is 1. The van der Waals surface area contributed by atoms with Gasteiger partial charge in [0.25, 0.3) is 0 Å². The summed E-state index contributed by atoms with van der Waals surface area (Å²) in [5, 5.41) is 0.640. The number of fused-ring (bicyclic) bond motifs is 1. The predicted molar refractivity (Wildman–Crippen MR) is 169 cm³/mol. The van der Waals surface area contributed by atoms with Crippen molar-refractivity contribution in [3.05, 3.63) is 54.2 Å². The van der Waals surface area contributed by atoms with E-state index in [0.717, 1.165) is 58.3 Å². The number of piperidine rings is 1. The maximum absolute atomic E-state index is 14.2. The Hall–Kier alpha value is -3.21. The van der Waals surface area contributed by atoms with Gasteiger partial charge in [0.15, 0.2) is 0 Å². The number of anilines is 1. The van der Waals surface area contributed by atoms with Gasteiger partial charge in [0.05, 0.1) is 34.9 Å². The molecule has 0 spiro atoms. The fourth-order valence-electron chi connectivity index (χ4n) is 6.09. The first kappa shape index (κ1) is 31.2. The number of likely N-dealkylation sites (N-methyl/N-ethyl adjacent to an activating group) is 1. The Morgan fingerprint density at radius 2 is 1.74 bits per heavy atom. The summed E-state index contributed by atoms with van der Waals surface area (Å²) in [4.78, 5) is 24.7. The lowest BCUT2D eigenvalue weighted by atomic mass is 10.0. The number of esters is 1. The Labute approximate surface area is 255 Å². The van der Waals surface area contributed by atoms with Gasteiger partial charge < -0.3 is 19.3 Å². The van der Waals surface area contributed by atoms with Crippen molar-refractivity contribution in [2.24, 2.45) is 0 Å². The van der Waals surface area contributed by atoms with Crippen molar-refractivity contribution in [3.8, 4) is 5.75 Å². The van der Waals surface area contributed by atoms with E-state index in [-0.39, 0.29) is 16.4 Å². The normalized spacial score (nSPS) is 17.6. The van der Waals surface area contributed by atoms with E-state index in [1.54, 1.807) is 49.4 Å². The average molecular weight is 609 g/mol. The van der Waals surface area contributed by atoms with Crippen LogP contribution in [-0.2, 0) is 14.6 Å². The number of hydrogen-bond acceptors (Lipinski definition) is 9. The molecule has 5 rings (SSSR count). The summed E-state index contributed by atoms with van der Waals surface area (Å²) >= 11 is 0. The molecule has 0 radical (unpaired) electrons. The monoisotopic (exact) mass is 608 g/mol. The molecule has 0 bridgehead atoms. The van der Waals surface area contributed by atoms with Crippen LogP contribution in [0.1, 0.15) is 56.3 Å². The zero-order chi connectivity index (χ0) is 30.4. The van der Waals surface area contributed by atoms with Crippen LogP contribution in [0.2, 0.25) is 0 Å². The second-order valence-corrected chi connectivity index (χ2v) is 13.4. The van der Waals surface area contributed by atoms with Crippen LogP contribution in [0.25, 0.3) is 10.9 Å². The summed E-state index contributed by atoms with van der Waals surface area (Å²) in [6.45, 7) is 10.5. The molecule has 232 valence electrons. The molecule has 0 saturated carbocycles. The quantitative estimate of drug-likeness (QED) is 0.232. The van der Waals surface area contributed by atoms with Crippen molar-refractivity contribution in [1.29, 1.82) is 0 Å². The molecule has 1 aromatic heterocycles. The molecular weight excluding hydrogens is 564 g/mol. The third-order valence-electron chi connectivity index (χ3n) is 8.56. The molecule has 0 atom stereocenters. The van der Waals surface area contributed by atoms with E-state index in [2.05, 4.69) is 33.7 Å². The molecule has 9 nitrogen and oxygen atoms in total. The molecular formula is C33H44N4O5S. The molecule has 0 N–H and O–H groups in total. The smallest absolute Gasteiger partial charge is 0.338 e. The van der Waals surface area contributed by atoms with E-state index in [9.17, 15) is 13.2 Å². The molecule has 2 fully saturated rings. The zero-order valence-electron chi connectivity index (χ0n) is 25.6. The first-order chi connectivity index (χ1) is 20.8. The van der Waals surface area contributed by atoms with Gasteiger partial charge in [-0.3, -0.25) is 9.88 Å². The van der Waals surface area contributed by atoms with Gasteiger partial charge in [-0.25, -0.2) is 13.2 Å². The van der Waals surface area contributed by atoms with Crippen LogP contribution >= 0.6 is 0 Å². The van der Waals surface area contributed by atoms with Crippen LogP contribution in [0.15, 0.2) is 58.5 Å². The summed E-state index contributed by atoms with van der Waals surface area (Å²) in [5.41, 5.74) is 1.62.